The summed E-state index contributed by atoms with van der Waals surface area (Å²) in [6.07, 6.45) is 1.79. The molecule has 0 radical (unpaired) electrons. The molecule has 0 atom stereocenters. The molecular weight excluding hydrogens is 268 g/mol. The van der Waals surface area contributed by atoms with Gasteiger partial charge in [0.15, 0.2) is 0 Å². The normalized spacial score (nSPS) is 10.6. The van der Waals surface area contributed by atoms with Gasteiger partial charge in [-0.15, -0.1) is 0 Å². The van der Waals surface area contributed by atoms with Gasteiger partial charge in [0.1, 0.15) is 5.76 Å². The summed E-state index contributed by atoms with van der Waals surface area (Å²) in [5.74, 6) is 0.426. The van der Waals surface area contributed by atoms with Crippen LogP contribution in [-0.4, -0.2) is 22.7 Å². The molecule has 0 saturated carbocycles. The van der Waals surface area contributed by atoms with E-state index >= 15 is 0 Å². The number of ether oxygens (including phenoxy) is 1. The molecule has 0 N–H and O–H groups in total. The molecule has 112 valence electrons. The maximum absolute atomic E-state index is 11.8. The summed E-state index contributed by atoms with van der Waals surface area (Å²) in [6.45, 7) is 5.99. The van der Waals surface area contributed by atoms with Crippen molar-refractivity contribution in [1.29, 1.82) is 0 Å². The molecule has 21 heavy (non-hydrogen) atoms. The second kappa shape index (κ2) is 7.02. The van der Waals surface area contributed by atoms with Gasteiger partial charge < -0.3 is 9.26 Å². The third-order valence-electron chi connectivity index (χ3n) is 3.29. The Kier molecular flexibility index (Phi) is 5.09. The van der Waals surface area contributed by atoms with Gasteiger partial charge in [-0.3, -0.25) is 9.78 Å². The minimum absolute atomic E-state index is 0.212. The fourth-order valence-electron chi connectivity index (χ4n) is 2.13. The van der Waals surface area contributed by atoms with Crippen molar-refractivity contribution < 1.29 is 14.1 Å². The molecule has 0 amide bonds. The third kappa shape index (κ3) is 4.41. The van der Waals surface area contributed by atoms with E-state index < -0.39 is 0 Å². The van der Waals surface area contributed by atoms with Crippen LogP contribution in [-0.2, 0) is 22.4 Å². The van der Waals surface area contributed by atoms with E-state index in [9.17, 15) is 4.79 Å². The van der Waals surface area contributed by atoms with Gasteiger partial charge in [0.2, 0.25) is 0 Å². The van der Waals surface area contributed by atoms with E-state index in [-0.39, 0.29) is 12.4 Å². The Morgan fingerprint density at radius 2 is 2.10 bits per heavy atom. The van der Waals surface area contributed by atoms with Crippen molar-refractivity contribution in [1.82, 2.24) is 10.1 Å². The Hall–Kier alpha value is -2.17. The first-order valence-corrected chi connectivity index (χ1v) is 7.06. The Labute approximate surface area is 124 Å². The fraction of sp³-hybridized carbons (Fsp3) is 0.438. The summed E-state index contributed by atoms with van der Waals surface area (Å²) in [4.78, 5) is 16.2. The van der Waals surface area contributed by atoms with E-state index in [2.05, 4.69) is 10.1 Å². The van der Waals surface area contributed by atoms with E-state index in [1.807, 2.05) is 32.0 Å². The smallest absolute Gasteiger partial charge is 0.310 e. The molecule has 2 aromatic heterocycles. The molecule has 0 fully saturated rings. The van der Waals surface area contributed by atoms with Crippen LogP contribution in [0.3, 0.4) is 0 Å². The molecule has 0 spiro atoms. The van der Waals surface area contributed by atoms with Crippen LogP contribution in [0.2, 0.25) is 0 Å². The number of pyridine rings is 1. The zero-order valence-electron chi connectivity index (χ0n) is 12.7. The SMILES string of the molecule is Cc1cccc(CCCOC(=O)Cc2c(C)noc2C)n1. The number of hydrogen-bond donors (Lipinski definition) is 0. The van der Waals surface area contributed by atoms with Crippen molar-refractivity contribution in [2.75, 3.05) is 6.61 Å². The first kappa shape index (κ1) is 15.2. The lowest BCUT2D eigenvalue weighted by molar-refractivity contribution is -0.142. The van der Waals surface area contributed by atoms with Crippen molar-refractivity contribution >= 4 is 5.97 Å². The summed E-state index contributed by atoms with van der Waals surface area (Å²) in [5.41, 5.74) is 3.59. The maximum atomic E-state index is 11.8. The molecule has 0 bridgehead atoms. The predicted molar refractivity (Wildman–Crippen MR) is 77.9 cm³/mol. The Morgan fingerprint density at radius 3 is 2.76 bits per heavy atom. The highest BCUT2D eigenvalue weighted by Crippen LogP contribution is 2.13. The average molecular weight is 288 g/mol. The Balaban J connectivity index is 1.72. The van der Waals surface area contributed by atoms with Crippen LogP contribution >= 0.6 is 0 Å². The number of esters is 1. The Morgan fingerprint density at radius 1 is 1.29 bits per heavy atom. The molecule has 0 aliphatic heterocycles. The molecular formula is C16H20N2O3. The van der Waals surface area contributed by atoms with E-state index in [4.69, 9.17) is 9.26 Å². The quantitative estimate of drug-likeness (QED) is 0.604. The van der Waals surface area contributed by atoms with Crippen LogP contribution < -0.4 is 0 Å². The van der Waals surface area contributed by atoms with Crippen molar-refractivity contribution in [3.63, 3.8) is 0 Å². The van der Waals surface area contributed by atoms with Crippen molar-refractivity contribution in [3.05, 3.63) is 46.6 Å². The maximum Gasteiger partial charge on any atom is 0.310 e. The van der Waals surface area contributed by atoms with Crippen LogP contribution in [0.5, 0.6) is 0 Å². The lowest BCUT2D eigenvalue weighted by Crippen LogP contribution is -2.10. The number of carbonyl (C=O) groups is 1. The first-order chi connectivity index (χ1) is 10.1. The Bertz CT molecular complexity index is 600. The number of aryl methyl sites for hydroxylation is 4. The minimum Gasteiger partial charge on any atom is -0.465 e. The van der Waals surface area contributed by atoms with Crippen molar-refractivity contribution in [2.24, 2.45) is 0 Å². The molecule has 2 heterocycles. The van der Waals surface area contributed by atoms with Crippen molar-refractivity contribution in [2.45, 2.75) is 40.0 Å². The molecule has 0 saturated heterocycles. The van der Waals surface area contributed by atoms with Crippen LogP contribution in [0.1, 0.15) is 34.8 Å². The van der Waals surface area contributed by atoms with Gasteiger partial charge in [0.05, 0.1) is 18.7 Å². The number of nitrogens with zero attached hydrogens (tertiary/aromatic N) is 2. The fourth-order valence-corrected chi connectivity index (χ4v) is 2.13. The monoisotopic (exact) mass is 288 g/mol. The van der Waals surface area contributed by atoms with Gasteiger partial charge in [-0.05, 0) is 45.7 Å². The summed E-state index contributed by atoms with van der Waals surface area (Å²) >= 11 is 0. The van der Waals surface area contributed by atoms with Crippen LogP contribution in [0.4, 0.5) is 0 Å². The minimum atomic E-state index is -0.249. The molecule has 0 unspecified atom stereocenters. The number of carbonyl (C=O) groups excluding carboxylic acids is 1. The highest BCUT2D eigenvalue weighted by Gasteiger charge is 2.14. The largest absolute Gasteiger partial charge is 0.465 e. The van der Waals surface area contributed by atoms with Gasteiger partial charge in [0.25, 0.3) is 0 Å². The van der Waals surface area contributed by atoms with E-state index in [0.717, 1.165) is 35.5 Å². The summed E-state index contributed by atoms with van der Waals surface area (Å²) in [5, 5.41) is 3.82. The van der Waals surface area contributed by atoms with Crippen LogP contribution in [0, 0.1) is 20.8 Å². The van der Waals surface area contributed by atoms with Crippen molar-refractivity contribution in [3.8, 4) is 0 Å². The highest BCUT2D eigenvalue weighted by atomic mass is 16.5. The topological polar surface area (TPSA) is 65.2 Å². The molecule has 0 aliphatic carbocycles. The second-order valence-electron chi connectivity index (χ2n) is 5.07. The number of hydrogen-bond acceptors (Lipinski definition) is 5. The van der Waals surface area contributed by atoms with Gasteiger partial charge in [-0.25, -0.2) is 0 Å². The molecule has 2 rings (SSSR count). The second-order valence-corrected chi connectivity index (χ2v) is 5.07. The van der Waals surface area contributed by atoms with Crippen LogP contribution in [0.25, 0.3) is 0 Å². The van der Waals surface area contributed by atoms with Gasteiger partial charge in [0, 0.05) is 17.0 Å². The number of aromatic nitrogens is 2. The lowest BCUT2D eigenvalue weighted by atomic mass is 10.1. The van der Waals surface area contributed by atoms with Crippen LogP contribution in [0.15, 0.2) is 22.7 Å². The first-order valence-electron chi connectivity index (χ1n) is 7.06. The summed E-state index contributed by atoms with van der Waals surface area (Å²) in [6, 6.07) is 5.94. The predicted octanol–water partition coefficient (Wildman–Crippen LogP) is 2.71. The standard InChI is InChI=1S/C16H20N2O3/c1-11-6-4-7-14(17-11)8-5-9-20-16(19)10-15-12(2)18-21-13(15)3/h4,6-7H,5,8-10H2,1-3H3. The number of rotatable bonds is 6. The van der Waals surface area contributed by atoms with Gasteiger partial charge in [-0.1, -0.05) is 11.2 Å². The highest BCUT2D eigenvalue weighted by molar-refractivity contribution is 5.73. The molecule has 0 aromatic carbocycles. The molecule has 5 heteroatoms. The molecule has 0 aliphatic rings. The zero-order chi connectivity index (χ0) is 15.2. The zero-order valence-corrected chi connectivity index (χ0v) is 12.7. The average Bonchev–Trinajstić information content (AvgIpc) is 2.76. The molecule has 2 aromatic rings. The summed E-state index contributed by atoms with van der Waals surface area (Å²) in [7, 11) is 0. The third-order valence-corrected chi connectivity index (χ3v) is 3.29. The molecule has 5 nitrogen and oxygen atoms in total. The van der Waals surface area contributed by atoms with E-state index in [1.165, 1.54) is 0 Å². The van der Waals surface area contributed by atoms with E-state index in [0.29, 0.717) is 12.4 Å². The summed E-state index contributed by atoms with van der Waals surface area (Å²) < 4.78 is 10.3. The van der Waals surface area contributed by atoms with Gasteiger partial charge >= 0.3 is 5.97 Å². The van der Waals surface area contributed by atoms with E-state index in [1.54, 1.807) is 6.92 Å². The van der Waals surface area contributed by atoms with Gasteiger partial charge in [-0.2, -0.15) is 0 Å². The lowest BCUT2D eigenvalue weighted by Gasteiger charge is -2.05.